The number of amides is 2. The van der Waals surface area contributed by atoms with Crippen LogP contribution in [0.25, 0.3) is 0 Å². The monoisotopic (exact) mass is 388 g/mol. The highest BCUT2D eigenvalue weighted by Gasteiger charge is 2.33. The Morgan fingerprint density at radius 3 is 2.61 bits per heavy atom. The molecule has 1 atom stereocenters. The van der Waals surface area contributed by atoms with Gasteiger partial charge in [-0.25, -0.2) is 0 Å². The molecule has 2 N–H and O–H groups in total. The Labute approximate surface area is 166 Å². The van der Waals surface area contributed by atoms with Crippen LogP contribution in [0.1, 0.15) is 38.5 Å². The molecular weight excluding hydrogens is 356 g/mol. The number of hydrogen-bond acceptors (Lipinski definition) is 5. The molecule has 8 nitrogen and oxygen atoms in total. The van der Waals surface area contributed by atoms with E-state index in [2.05, 4.69) is 25.5 Å². The van der Waals surface area contributed by atoms with Gasteiger partial charge in [0.1, 0.15) is 0 Å². The molecule has 4 rings (SSSR count). The van der Waals surface area contributed by atoms with Gasteiger partial charge >= 0.3 is 0 Å². The van der Waals surface area contributed by atoms with Crippen molar-refractivity contribution in [1.29, 1.82) is 0 Å². The Hall–Kier alpha value is -1.93. The fourth-order valence-corrected chi connectivity index (χ4v) is 4.43. The molecule has 3 heterocycles. The number of carbonyl (C=O) groups excluding carboxylic acids is 2. The zero-order chi connectivity index (χ0) is 19.5. The number of rotatable bonds is 6. The Morgan fingerprint density at radius 2 is 1.93 bits per heavy atom. The molecule has 1 aromatic rings. The van der Waals surface area contributed by atoms with Crippen molar-refractivity contribution in [2.45, 2.75) is 50.6 Å². The van der Waals surface area contributed by atoms with Crippen molar-refractivity contribution in [1.82, 2.24) is 24.9 Å². The van der Waals surface area contributed by atoms with Crippen LogP contribution in [0.5, 0.6) is 0 Å². The molecule has 0 spiro atoms. The number of aromatic nitrogens is 2. The summed E-state index contributed by atoms with van der Waals surface area (Å²) >= 11 is 0. The third kappa shape index (κ3) is 5.11. The lowest BCUT2D eigenvalue weighted by molar-refractivity contribution is -0.127. The van der Waals surface area contributed by atoms with Gasteiger partial charge in [0.15, 0.2) is 0 Å². The summed E-state index contributed by atoms with van der Waals surface area (Å²) in [5, 5.41) is 10.1. The molecule has 3 aliphatic rings. The van der Waals surface area contributed by atoms with Gasteiger partial charge in [-0.15, -0.1) is 0 Å². The van der Waals surface area contributed by atoms with Crippen molar-refractivity contribution in [3.05, 3.63) is 12.4 Å². The fourth-order valence-electron chi connectivity index (χ4n) is 4.43. The molecular formula is C20H32N6O2. The van der Waals surface area contributed by atoms with Crippen LogP contribution in [-0.2, 0) is 16.6 Å². The number of nitrogens with one attached hydrogen (secondary N) is 2. The van der Waals surface area contributed by atoms with Gasteiger partial charge in [0.2, 0.25) is 11.8 Å². The van der Waals surface area contributed by atoms with Crippen LogP contribution in [0.4, 0.5) is 5.69 Å². The van der Waals surface area contributed by atoms with Gasteiger partial charge in [-0.3, -0.25) is 24.1 Å². The van der Waals surface area contributed by atoms with Crippen molar-refractivity contribution < 1.29 is 9.59 Å². The van der Waals surface area contributed by atoms with Crippen molar-refractivity contribution in [2.75, 3.05) is 38.0 Å². The second-order valence-electron chi connectivity index (χ2n) is 8.58. The number of carbonyl (C=O) groups is 2. The van der Waals surface area contributed by atoms with Crippen LogP contribution in [0, 0.1) is 5.92 Å². The number of anilines is 1. The summed E-state index contributed by atoms with van der Waals surface area (Å²) in [6.45, 7) is 4.28. The molecule has 0 aromatic carbocycles. The minimum Gasteiger partial charge on any atom is -0.353 e. The van der Waals surface area contributed by atoms with Crippen molar-refractivity contribution in [2.24, 2.45) is 13.0 Å². The number of piperidine rings is 2. The van der Waals surface area contributed by atoms with E-state index in [4.69, 9.17) is 0 Å². The second-order valence-corrected chi connectivity index (χ2v) is 8.58. The molecule has 0 bridgehead atoms. The molecule has 2 aliphatic heterocycles. The summed E-state index contributed by atoms with van der Waals surface area (Å²) in [6.07, 6.45) is 10.0. The Balaban J connectivity index is 1.20. The summed E-state index contributed by atoms with van der Waals surface area (Å²) < 4.78 is 1.68. The highest BCUT2D eigenvalue weighted by molar-refractivity contribution is 5.91. The lowest BCUT2D eigenvalue weighted by Crippen LogP contribution is -2.51. The minimum atomic E-state index is 0.0150. The van der Waals surface area contributed by atoms with E-state index in [1.165, 1.54) is 0 Å². The average molecular weight is 389 g/mol. The maximum atomic E-state index is 12.4. The molecule has 1 aliphatic carbocycles. The fraction of sp³-hybridized carbons (Fsp3) is 0.750. The van der Waals surface area contributed by atoms with E-state index in [9.17, 15) is 9.59 Å². The number of hydrogen-bond donors (Lipinski definition) is 2. The first-order valence-electron chi connectivity index (χ1n) is 10.6. The van der Waals surface area contributed by atoms with Crippen molar-refractivity contribution in [3.63, 3.8) is 0 Å². The molecule has 1 aromatic heterocycles. The van der Waals surface area contributed by atoms with Crippen LogP contribution >= 0.6 is 0 Å². The highest BCUT2D eigenvalue weighted by atomic mass is 16.2. The molecule has 3 fully saturated rings. The third-order valence-electron chi connectivity index (χ3n) is 6.18. The maximum absolute atomic E-state index is 12.4. The summed E-state index contributed by atoms with van der Waals surface area (Å²) in [6, 6.07) is 0.984. The predicted octanol–water partition coefficient (Wildman–Crippen LogP) is 0.814. The molecule has 0 radical (unpaired) electrons. The molecule has 2 saturated heterocycles. The maximum Gasteiger partial charge on any atom is 0.238 e. The predicted molar refractivity (Wildman–Crippen MR) is 107 cm³/mol. The van der Waals surface area contributed by atoms with E-state index in [0.717, 1.165) is 70.4 Å². The van der Waals surface area contributed by atoms with Gasteiger partial charge in [0, 0.05) is 45.0 Å². The first kappa shape index (κ1) is 19.4. The quantitative estimate of drug-likeness (QED) is 0.754. The van der Waals surface area contributed by atoms with Gasteiger partial charge in [0.25, 0.3) is 0 Å². The third-order valence-corrected chi connectivity index (χ3v) is 6.18. The van der Waals surface area contributed by atoms with Crippen LogP contribution in [0.15, 0.2) is 12.4 Å². The Bertz CT molecular complexity index is 693. The standard InChI is InChI=1S/C20H32N6O2/c1-24-13-17(11-21-24)22-19(27)14-25-9-6-18(7-10-25)26-8-2-3-15(12-26)20(28)23-16-4-5-16/h11,13,15-16,18H,2-10,12,14H2,1H3,(H,22,27)(H,23,28). The van der Waals surface area contributed by atoms with E-state index < -0.39 is 0 Å². The van der Waals surface area contributed by atoms with E-state index in [1.54, 1.807) is 17.1 Å². The van der Waals surface area contributed by atoms with Crippen molar-refractivity contribution in [3.8, 4) is 0 Å². The number of likely N-dealkylation sites (tertiary alicyclic amines) is 2. The Morgan fingerprint density at radius 1 is 1.14 bits per heavy atom. The van der Waals surface area contributed by atoms with Gasteiger partial charge in [0.05, 0.1) is 24.3 Å². The zero-order valence-corrected chi connectivity index (χ0v) is 16.8. The largest absolute Gasteiger partial charge is 0.353 e. The lowest BCUT2D eigenvalue weighted by Gasteiger charge is -2.41. The summed E-state index contributed by atoms with van der Waals surface area (Å²) in [5.41, 5.74) is 0.742. The Kier molecular flexibility index (Phi) is 5.96. The van der Waals surface area contributed by atoms with Crippen LogP contribution in [0.2, 0.25) is 0 Å². The van der Waals surface area contributed by atoms with Gasteiger partial charge in [-0.05, 0) is 45.1 Å². The van der Waals surface area contributed by atoms with Crippen LogP contribution in [0.3, 0.4) is 0 Å². The molecule has 28 heavy (non-hydrogen) atoms. The normalized spacial score (nSPS) is 24.8. The smallest absolute Gasteiger partial charge is 0.238 e. The summed E-state index contributed by atoms with van der Waals surface area (Å²) in [5.74, 6) is 0.426. The number of aryl methyl sites for hydroxylation is 1. The van der Waals surface area contributed by atoms with Gasteiger partial charge in [-0.1, -0.05) is 0 Å². The molecule has 8 heteroatoms. The topological polar surface area (TPSA) is 82.5 Å². The summed E-state index contributed by atoms with van der Waals surface area (Å²) in [7, 11) is 1.83. The molecule has 154 valence electrons. The van der Waals surface area contributed by atoms with Crippen molar-refractivity contribution >= 4 is 17.5 Å². The summed E-state index contributed by atoms with van der Waals surface area (Å²) in [4.78, 5) is 29.4. The van der Waals surface area contributed by atoms with E-state index in [-0.39, 0.29) is 17.7 Å². The van der Waals surface area contributed by atoms with Gasteiger partial charge in [-0.2, -0.15) is 5.10 Å². The molecule has 1 saturated carbocycles. The minimum absolute atomic E-state index is 0.0150. The molecule has 2 amide bonds. The lowest BCUT2D eigenvalue weighted by atomic mass is 9.93. The van der Waals surface area contributed by atoms with Crippen LogP contribution in [-0.4, -0.2) is 76.2 Å². The molecule has 1 unspecified atom stereocenters. The first-order chi connectivity index (χ1) is 13.6. The van der Waals surface area contributed by atoms with E-state index >= 15 is 0 Å². The first-order valence-corrected chi connectivity index (χ1v) is 10.6. The second kappa shape index (κ2) is 8.61. The van der Waals surface area contributed by atoms with Gasteiger partial charge < -0.3 is 10.6 Å². The highest BCUT2D eigenvalue weighted by Crippen LogP contribution is 2.25. The zero-order valence-electron chi connectivity index (χ0n) is 16.8. The van der Waals surface area contributed by atoms with E-state index in [0.29, 0.717) is 18.6 Å². The average Bonchev–Trinajstić information content (AvgIpc) is 3.42. The SMILES string of the molecule is Cn1cc(NC(=O)CN2CCC(N3CCCC(C(=O)NC4CC4)C3)CC2)cn1. The van der Waals surface area contributed by atoms with Crippen LogP contribution < -0.4 is 10.6 Å². The van der Waals surface area contributed by atoms with E-state index in [1.807, 2.05) is 7.05 Å². The number of nitrogens with zero attached hydrogens (tertiary/aromatic N) is 4.